The Morgan fingerprint density at radius 3 is 2.06 bits per heavy atom. The van der Waals surface area contributed by atoms with Crippen LogP contribution in [0, 0.1) is 0 Å². The molecule has 0 aromatic carbocycles. The maximum atomic E-state index is 11.3. The zero-order valence-corrected chi connectivity index (χ0v) is 10.9. The molecule has 0 atom stereocenters. The molecular weight excluding hydrogens is 232 g/mol. The summed E-state index contributed by atoms with van der Waals surface area (Å²) in [7, 11) is -0.142. The predicted octanol–water partition coefficient (Wildman–Crippen LogP) is 1.28. The van der Waals surface area contributed by atoms with Gasteiger partial charge in [0.2, 0.25) is 0 Å². The molecule has 5 nitrogen and oxygen atoms in total. The van der Waals surface area contributed by atoms with Crippen molar-refractivity contribution >= 4 is 10.1 Å². The summed E-state index contributed by atoms with van der Waals surface area (Å²) >= 11 is 0. The Bertz CT molecular complexity index is 297. The molecule has 0 aromatic heterocycles. The fourth-order valence-corrected chi connectivity index (χ4v) is 2.64. The van der Waals surface area contributed by atoms with Gasteiger partial charge in [-0.15, -0.1) is 0 Å². The predicted molar refractivity (Wildman–Crippen MR) is 59.6 cm³/mol. The molecule has 6 heteroatoms. The van der Waals surface area contributed by atoms with Crippen LogP contribution in [0.25, 0.3) is 0 Å². The average Bonchev–Trinajstić information content (AvgIpc) is 2.30. The maximum absolute atomic E-state index is 11.3. The third-order valence-electron chi connectivity index (χ3n) is 3.07. The van der Waals surface area contributed by atoms with Crippen LogP contribution in [0.3, 0.4) is 0 Å². The van der Waals surface area contributed by atoms with Crippen LogP contribution in [0.4, 0.5) is 0 Å². The summed E-state index contributed by atoms with van der Waals surface area (Å²) in [6.07, 6.45) is 2.36. The molecule has 0 bridgehead atoms. The summed E-state index contributed by atoms with van der Waals surface area (Å²) in [5, 5.41) is 0. The Kier molecular flexibility index (Phi) is 4.73. The molecule has 0 saturated heterocycles. The molecular formula is C10H20O5S. The summed E-state index contributed by atoms with van der Waals surface area (Å²) in [5.74, 6) is -0.543. The highest BCUT2D eigenvalue weighted by Gasteiger charge is 2.36. The van der Waals surface area contributed by atoms with E-state index in [4.69, 9.17) is 13.7 Å². The first kappa shape index (κ1) is 13.9. The van der Waals surface area contributed by atoms with Gasteiger partial charge in [-0.05, 0) is 19.8 Å². The first-order valence-corrected chi connectivity index (χ1v) is 7.06. The maximum Gasteiger partial charge on any atom is 0.267 e. The molecule has 0 radical (unpaired) electrons. The van der Waals surface area contributed by atoms with E-state index in [0.717, 1.165) is 0 Å². The fourth-order valence-electron chi connectivity index (χ4n) is 1.89. The molecule has 0 amide bonds. The van der Waals surface area contributed by atoms with Crippen LogP contribution in [-0.4, -0.2) is 40.3 Å². The topological polar surface area (TPSA) is 61.8 Å². The summed E-state index contributed by atoms with van der Waals surface area (Å²) in [4.78, 5) is 0. The highest BCUT2D eigenvalue weighted by Crippen LogP contribution is 2.33. The van der Waals surface area contributed by atoms with Crippen molar-refractivity contribution < 1.29 is 22.1 Å². The van der Waals surface area contributed by atoms with E-state index in [0.29, 0.717) is 25.7 Å². The van der Waals surface area contributed by atoms with Crippen LogP contribution in [0.1, 0.15) is 32.6 Å². The lowest BCUT2D eigenvalue weighted by atomic mass is 9.92. The summed E-state index contributed by atoms with van der Waals surface area (Å²) < 4.78 is 38.2. The lowest BCUT2D eigenvalue weighted by molar-refractivity contribution is -0.229. The van der Waals surface area contributed by atoms with Gasteiger partial charge >= 0.3 is 0 Å². The average molecular weight is 252 g/mol. The monoisotopic (exact) mass is 252 g/mol. The second-order valence-corrected chi connectivity index (χ2v) is 5.85. The molecule has 0 unspecified atom stereocenters. The van der Waals surface area contributed by atoms with Gasteiger partial charge in [0.05, 0.1) is 11.9 Å². The van der Waals surface area contributed by atoms with E-state index in [9.17, 15) is 8.42 Å². The Labute approximate surface area is 97.2 Å². The van der Waals surface area contributed by atoms with Crippen LogP contribution in [0.2, 0.25) is 0 Å². The SMILES string of the molecule is CCS(=O)(=O)OC1CCC(OC)(OC)CC1. The van der Waals surface area contributed by atoms with Crippen molar-refractivity contribution in [3.05, 3.63) is 0 Å². The number of methoxy groups -OCH3 is 2. The minimum Gasteiger partial charge on any atom is -0.353 e. The van der Waals surface area contributed by atoms with Crippen molar-refractivity contribution in [2.24, 2.45) is 0 Å². The van der Waals surface area contributed by atoms with E-state index in [1.807, 2.05) is 0 Å². The van der Waals surface area contributed by atoms with Gasteiger partial charge in [-0.2, -0.15) is 8.42 Å². The Balaban J connectivity index is 2.49. The third kappa shape index (κ3) is 3.41. The van der Waals surface area contributed by atoms with Gasteiger partial charge in [0.25, 0.3) is 10.1 Å². The largest absolute Gasteiger partial charge is 0.353 e. The molecule has 1 rings (SSSR count). The highest BCUT2D eigenvalue weighted by atomic mass is 32.2. The van der Waals surface area contributed by atoms with E-state index < -0.39 is 15.9 Å². The quantitative estimate of drug-likeness (QED) is 0.545. The van der Waals surface area contributed by atoms with Gasteiger partial charge in [0, 0.05) is 27.1 Å². The normalized spacial score (nSPS) is 22.2. The zero-order valence-electron chi connectivity index (χ0n) is 10.1. The molecule has 1 fully saturated rings. The molecule has 96 valence electrons. The molecule has 0 spiro atoms. The first-order chi connectivity index (χ1) is 7.47. The van der Waals surface area contributed by atoms with E-state index in [1.54, 1.807) is 21.1 Å². The number of rotatable bonds is 5. The molecule has 1 aliphatic carbocycles. The number of ether oxygens (including phenoxy) is 2. The van der Waals surface area contributed by atoms with Gasteiger partial charge in [0.15, 0.2) is 5.79 Å². The van der Waals surface area contributed by atoms with Gasteiger partial charge in [-0.3, -0.25) is 4.18 Å². The molecule has 0 aliphatic heterocycles. The summed E-state index contributed by atoms with van der Waals surface area (Å²) in [6, 6.07) is 0. The number of hydrogen-bond acceptors (Lipinski definition) is 5. The van der Waals surface area contributed by atoms with Crippen molar-refractivity contribution in [2.75, 3.05) is 20.0 Å². The van der Waals surface area contributed by atoms with Crippen LogP contribution in [0.15, 0.2) is 0 Å². The zero-order chi connectivity index (χ0) is 12.2. The van der Waals surface area contributed by atoms with Crippen molar-refractivity contribution in [3.63, 3.8) is 0 Å². The lowest BCUT2D eigenvalue weighted by Gasteiger charge is -2.37. The molecule has 1 saturated carbocycles. The van der Waals surface area contributed by atoms with Gasteiger partial charge < -0.3 is 9.47 Å². The fraction of sp³-hybridized carbons (Fsp3) is 1.00. The molecule has 16 heavy (non-hydrogen) atoms. The minimum atomic E-state index is -3.35. The van der Waals surface area contributed by atoms with E-state index >= 15 is 0 Å². The van der Waals surface area contributed by atoms with Crippen LogP contribution >= 0.6 is 0 Å². The van der Waals surface area contributed by atoms with Crippen molar-refractivity contribution in [1.82, 2.24) is 0 Å². The smallest absolute Gasteiger partial charge is 0.267 e. The number of hydrogen-bond donors (Lipinski definition) is 0. The van der Waals surface area contributed by atoms with E-state index in [-0.39, 0.29) is 11.9 Å². The Morgan fingerprint density at radius 1 is 1.19 bits per heavy atom. The standard InChI is InChI=1S/C10H20O5S/c1-4-16(11,12)15-9-5-7-10(13-2,14-3)8-6-9/h9H,4-8H2,1-3H3. The third-order valence-corrected chi connectivity index (χ3v) is 4.35. The molecule has 0 aromatic rings. The van der Waals surface area contributed by atoms with Crippen molar-refractivity contribution in [3.8, 4) is 0 Å². The van der Waals surface area contributed by atoms with Gasteiger partial charge in [-0.25, -0.2) is 0 Å². The van der Waals surface area contributed by atoms with Crippen molar-refractivity contribution in [2.45, 2.75) is 44.5 Å². The van der Waals surface area contributed by atoms with Gasteiger partial charge in [-0.1, -0.05) is 0 Å². The Hall–Kier alpha value is -0.170. The van der Waals surface area contributed by atoms with E-state index in [1.165, 1.54) is 0 Å². The second kappa shape index (κ2) is 5.44. The lowest BCUT2D eigenvalue weighted by Crippen LogP contribution is -2.40. The highest BCUT2D eigenvalue weighted by molar-refractivity contribution is 7.86. The second-order valence-electron chi connectivity index (χ2n) is 3.96. The summed E-state index contributed by atoms with van der Waals surface area (Å²) in [5.41, 5.74) is 0. The molecule has 0 N–H and O–H groups in total. The first-order valence-electron chi connectivity index (χ1n) is 5.48. The van der Waals surface area contributed by atoms with Crippen molar-refractivity contribution in [1.29, 1.82) is 0 Å². The van der Waals surface area contributed by atoms with Crippen LogP contribution in [-0.2, 0) is 23.8 Å². The Morgan fingerprint density at radius 2 is 1.69 bits per heavy atom. The van der Waals surface area contributed by atoms with Gasteiger partial charge in [0.1, 0.15) is 0 Å². The minimum absolute atomic E-state index is 0.0171. The van der Waals surface area contributed by atoms with Crippen LogP contribution < -0.4 is 0 Å². The van der Waals surface area contributed by atoms with Crippen LogP contribution in [0.5, 0.6) is 0 Å². The summed E-state index contributed by atoms with van der Waals surface area (Å²) in [6.45, 7) is 1.58. The van der Waals surface area contributed by atoms with E-state index in [2.05, 4.69) is 0 Å². The molecule has 0 heterocycles. The molecule has 1 aliphatic rings.